The number of ether oxygens (including phenoxy) is 1. The molecule has 1 atom stereocenters. The fraction of sp³-hybridized carbons (Fsp3) is 0.565. The van der Waals surface area contributed by atoms with Crippen molar-refractivity contribution in [3.8, 4) is 0 Å². The fourth-order valence-electron chi connectivity index (χ4n) is 4.38. The van der Waals surface area contributed by atoms with Gasteiger partial charge in [0.1, 0.15) is 0 Å². The number of aromatic nitrogens is 1. The summed E-state index contributed by atoms with van der Waals surface area (Å²) in [6.45, 7) is 4.23. The number of rotatable bonds is 7. The van der Waals surface area contributed by atoms with Crippen LogP contribution in [0.5, 0.6) is 0 Å². The second-order valence-corrected chi connectivity index (χ2v) is 8.41. The molecule has 4 rings (SSSR count). The quantitative estimate of drug-likeness (QED) is 0.717. The van der Waals surface area contributed by atoms with Crippen LogP contribution >= 0.6 is 0 Å². The van der Waals surface area contributed by atoms with Crippen LogP contribution in [-0.2, 0) is 17.7 Å². The monoisotopic (exact) mass is 397 g/mol. The molecular formula is C23H31N3O3. The van der Waals surface area contributed by atoms with Gasteiger partial charge in [-0.3, -0.25) is 9.69 Å². The summed E-state index contributed by atoms with van der Waals surface area (Å²) >= 11 is 0. The van der Waals surface area contributed by atoms with Gasteiger partial charge in [0.25, 0.3) is 5.91 Å². The zero-order chi connectivity index (χ0) is 20.1. The first-order valence-corrected chi connectivity index (χ1v) is 10.8. The molecule has 3 heterocycles. The van der Waals surface area contributed by atoms with E-state index in [4.69, 9.17) is 9.26 Å². The molecular weight excluding hydrogens is 366 g/mol. The minimum atomic E-state index is -0.0999. The number of piperidine rings is 1. The largest absolute Gasteiger partial charge is 0.376 e. The first-order chi connectivity index (χ1) is 14.2. The van der Waals surface area contributed by atoms with Gasteiger partial charge < -0.3 is 14.2 Å². The predicted octanol–water partition coefficient (Wildman–Crippen LogP) is 3.38. The van der Waals surface area contributed by atoms with E-state index in [0.29, 0.717) is 18.8 Å². The Balaban J connectivity index is 1.23. The van der Waals surface area contributed by atoms with Gasteiger partial charge in [0.05, 0.1) is 12.6 Å². The summed E-state index contributed by atoms with van der Waals surface area (Å²) < 4.78 is 11.1. The van der Waals surface area contributed by atoms with E-state index in [1.54, 1.807) is 18.0 Å². The summed E-state index contributed by atoms with van der Waals surface area (Å²) in [5.41, 5.74) is 1.82. The summed E-state index contributed by atoms with van der Waals surface area (Å²) in [5, 5.41) is 4.01. The van der Waals surface area contributed by atoms with Crippen molar-refractivity contribution < 1.29 is 14.1 Å². The van der Waals surface area contributed by atoms with Gasteiger partial charge >= 0.3 is 0 Å². The maximum atomic E-state index is 12.6. The van der Waals surface area contributed by atoms with Crippen LogP contribution in [0, 0.1) is 5.92 Å². The van der Waals surface area contributed by atoms with Crippen molar-refractivity contribution in [3.05, 3.63) is 53.4 Å². The average Bonchev–Trinajstić information content (AvgIpc) is 3.42. The number of carbonyl (C=O) groups is 1. The van der Waals surface area contributed by atoms with E-state index < -0.39 is 0 Å². The number of benzene rings is 1. The van der Waals surface area contributed by atoms with E-state index in [0.717, 1.165) is 50.6 Å². The molecule has 0 saturated carbocycles. The lowest BCUT2D eigenvalue weighted by molar-refractivity contribution is 0.0579. The van der Waals surface area contributed by atoms with Crippen molar-refractivity contribution in [2.45, 2.75) is 44.8 Å². The van der Waals surface area contributed by atoms with Crippen molar-refractivity contribution in [3.63, 3.8) is 0 Å². The Labute approximate surface area is 172 Å². The normalized spacial score (nSPS) is 20.8. The van der Waals surface area contributed by atoms with Gasteiger partial charge in [-0.15, -0.1) is 0 Å². The molecule has 0 aliphatic carbocycles. The minimum Gasteiger partial charge on any atom is -0.376 e. The van der Waals surface area contributed by atoms with Gasteiger partial charge in [-0.25, -0.2) is 0 Å². The van der Waals surface area contributed by atoms with Crippen LogP contribution in [0.15, 0.2) is 40.9 Å². The molecule has 2 aliphatic rings. The minimum absolute atomic E-state index is 0.0999. The highest BCUT2D eigenvalue weighted by Gasteiger charge is 2.24. The zero-order valence-electron chi connectivity index (χ0n) is 17.3. The number of likely N-dealkylation sites (tertiary alicyclic amines) is 1. The molecule has 1 aromatic carbocycles. The van der Waals surface area contributed by atoms with E-state index in [2.05, 4.69) is 40.4 Å². The average molecular weight is 398 g/mol. The Morgan fingerprint density at radius 1 is 1.21 bits per heavy atom. The molecule has 1 aromatic heterocycles. The van der Waals surface area contributed by atoms with E-state index in [9.17, 15) is 4.79 Å². The van der Waals surface area contributed by atoms with Crippen LogP contribution in [0.25, 0.3) is 0 Å². The molecule has 2 aliphatic heterocycles. The Morgan fingerprint density at radius 2 is 2.00 bits per heavy atom. The van der Waals surface area contributed by atoms with Gasteiger partial charge in [-0.2, -0.15) is 0 Å². The van der Waals surface area contributed by atoms with Crippen LogP contribution in [0.1, 0.15) is 47.5 Å². The second-order valence-electron chi connectivity index (χ2n) is 8.41. The van der Waals surface area contributed by atoms with Crippen LogP contribution in [-0.4, -0.2) is 60.3 Å². The third-order valence-electron chi connectivity index (χ3n) is 6.08. The number of likely N-dealkylation sites (N-methyl/N-ethyl adjacent to an activating group) is 1. The van der Waals surface area contributed by atoms with E-state index in [1.807, 2.05) is 0 Å². The highest BCUT2D eigenvalue weighted by atomic mass is 16.5. The maximum Gasteiger partial charge on any atom is 0.275 e. The second kappa shape index (κ2) is 9.55. The smallest absolute Gasteiger partial charge is 0.275 e. The maximum absolute atomic E-state index is 12.6. The summed E-state index contributed by atoms with van der Waals surface area (Å²) in [4.78, 5) is 16.7. The number of hydrogen-bond donors (Lipinski definition) is 0. The number of amides is 1. The van der Waals surface area contributed by atoms with Crippen molar-refractivity contribution >= 4 is 5.91 Å². The van der Waals surface area contributed by atoms with Gasteiger partial charge in [-0.1, -0.05) is 35.5 Å². The predicted molar refractivity (Wildman–Crippen MR) is 111 cm³/mol. The highest BCUT2D eigenvalue weighted by Crippen LogP contribution is 2.23. The van der Waals surface area contributed by atoms with Crippen molar-refractivity contribution in [2.75, 3.05) is 33.3 Å². The Hall–Kier alpha value is -2.18. The molecule has 2 aromatic rings. The van der Waals surface area contributed by atoms with Crippen LogP contribution in [0.3, 0.4) is 0 Å². The lowest BCUT2D eigenvalue weighted by atomic mass is 9.90. The Kier molecular flexibility index (Phi) is 6.62. The van der Waals surface area contributed by atoms with Gasteiger partial charge in [0.2, 0.25) is 0 Å². The van der Waals surface area contributed by atoms with Gasteiger partial charge in [0, 0.05) is 26.3 Å². The lowest BCUT2D eigenvalue weighted by Crippen LogP contribution is -2.34. The van der Waals surface area contributed by atoms with Crippen LogP contribution in [0.4, 0.5) is 0 Å². The molecule has 0 unspecified atom stereocenters. The molecule has 156 valence electrons. The summed E-state index contributed by atoms with van der Waals surface area (Å²) in [5.74, 6) is 1.41. The third-order valence-corrected chi connectivity index (χ3v) is 6.08. The van der Waals surface area contributed by atoms with Crippen molar-refractivity contribution in [1.29, 1.82) is 0 Å². The lowest BCUT2D eigenvalue weighted by Gasteiger charge is -2.31. The van der Waals surface area contributed by atoms with E-state index in [-0.39, 0.29) is 12.0 Å². The zero-order valence-corrected chi connectivity index (χ0v) is 17.3. The van der Waals surface area contributed by atoms with E-state index >= 15 is 0 Å². The third kappa shape index (κ3) is 5.46. The molecule has 2 fully saturated rings. The highest BCUT2D eigenvalue weighted by molar-refractivity contribution is 5.92. The molecule has 0 radical (unpaired) electrons. The molecule has 1 amide bonds. The topological polar surface area (TPSA) is 58.8 Å². The Bertz CT molecular complexity index is 778. The van der Waals surface area contributed by atoms with Crippen LogP contribution in [0.2, 0.25) is 0 Å². The SMILES string of the molecule is CN(C[C@@H]1CCCO1)C(=O)c1cc(CN2CCC(Cc3ccccc3)CC2)on1. The molecule has 0 spiro atoms. The van der Waals surface area contributed by atoms with E-state index in [1.165, 1.54) is 18.4 Å². The van der Waals surface area contributed by atoms with Crippen molar-refractivity contribution in [2.24, 2.45) is 5.92 Å². The molecule has 6 heteroatoms. The molecule has 29 heavy (non-hydrogen) atoms. The molecule has 6 nitrogen and oxygen atoms in total. The standard InChI is InChI=1S/C23H31N3O3/c1-25(16-20-8-5-13-28-20)23(27)22-15-21(29-24-22)17-26-11-9-19(10-12-26)14-18-6-3-2-4-7-18/h2-4,6-7,15,19-20H,5,8-14,16-17H2,1H3/t20-/m0/s1. The molecule has 0 bridgehead atoms. The summed E-state index contributed by atoms with van der Waals surface area (Å²) in [7, 11) is 1.80. The summed E-state index contributed by atoms with van der Waals surface area (Å²) in [6, 6.07) is 12.5. The van der Waals surface area contributed by atoms with Crippen molar-refractivity contribution in [1.82, 2.24) is 15.0 Å². The Morgan fingerprint density at radius 3 is 2.72 bits per heavy atom. The molecule has 0 N–H and O–H groups in total. The van der Waals surface area contributed by atoms with Gasteiger partial charge in [-0.05, 0) is 56.7 Å². The number of hydrogen-bond acceptors (Lipinski definition) is 5. The van der Waals surface area contributed by atoms with Gasteiger partial charge in [0.15, 0.2) is 11.5 Å². The number of nitrogens with zero attached hydrogens (tertiary/aromatic N) is 3. The first kappa shape index (κ1) is 20.1. The summed E-state index contributed by atoms with van der Waals surface area (Å²) in [6.07, 6.45) is 5.78. The number of carbonyl (C=O) groups excluding carboxylic acids is 1. The van der Waals surface area contributed by atoms with Crippen LogP contribution < -0.4 is 0 Å². The molecule has 2 saturated heterocycles. The first-order valence-electron chi connectivity index (χ1n) is 10.8. The fourth-order valence-corrected chi connectivity index (χ4v) is 4.38.